The molecule has 0 radical (unpaired) electrons. The van der Waals surface area contributed by atoms with E-state index in [1.165, 1.54) is 11.0 Å². The first kappa shape index (κ1) is 18.4. The van der Waals surface area contributed by atoms with Gasteiger partial charge in [-0.05, 0) is 30.5 Å². The minimum atomic E-state index is -4.63. The molecule has 0 aliphatic carbocycles. The summed E-state index contributed by atoms with van der Waals surface area (Å²) in [5.74, 6) is -1.69. The molecule has 1 aliphatic heterocycles. The number of carboxylic acids is 1. The third-order valence-corrected chi connectivity index (χ3v) is 4.15. The average molecular weight is 365 g/mol. The molecule has 132 valence electrons. The smallest absolute Gasteiger partial charge is 0.417 e. The molecule has 24 heavy (non-hydrogen) atoms. The molecule has 1 aromatic carbocycles. The zero-order valence-corrected chi connectivity index (χ0v) is 13.5. The number of rotatable bonds is 2. The van der Waals surface area contributed by atoms with E-state index in [9.17, 15) is 22.8 Å². The standard InChI is InChI=1S/C15H16ClF3N2O3/c1-8-4-9(13(22)23)7-21(6-8)14(24)20-10-2-3-12(16)11(5-10)15(17,18)19/h2-3,5,8-9H,4,6-7H2,1H3,(H,20,24)(H,22,23). The number of alkyl halides is 3. The van der Waals surface area contributed by atoms with Crippen molar-refractivity contribution in [2.75, 3.05) is 18.4 Å². The number of anilines is 1. The number of carboxylic acid groups (broad SMARTS) is 1. The van der Waals surface area contributed by atoms with Gasteiger partial charge in [0.15, 0.2) is 0 Å². The summed E-state index contributed by atoms with van der Waals surface area (Å²) in [7, 11) is 0. The van der Waals surface area contributed by atoms with Crippen LogP contribution in [0.15, 0.2) is 18.2 Å². The Hall–Kier alpha value is -1.96. The third kappa shape index (κ3) is 4.31. The van der Waals surface area contributed by atoms with E-state index in [0.717, 1.165) is 12.1 Å². The fourth-order valence-electron chi connectivity index (χ4n) is 2.72. The van der Waals surface area contributed by atoms with Crippen LogP contribution in [0.3, 0.4) is 0 Å². The maximum Gasteiger partial charge on any atom is 0.417 e. The van der Waals surface area contributed by atoms with Crippen molar-refractivity contribution in [1.29, 1.82) is 0 Å². The van der Waals surface area contributed by atoms with Crippen molar-refractivity contribution in [2.45, 2.75) is 19.5 Å². The van der Waals surface area contributed by atoms with Crippen molar-refractivity contribution < 1.29 is 27.9 Å². The Bertz CT molecular complexity index is 651. The van der Waals surface area contributed by atoms with Gasteiger partial charge in [0, 0.05) is 18.8 Å². The van der Waals surface area contributed by atoms with Crippen LogP contribution >= 0.6 is 11.6 Å². The van der Waals surface area contributed by atoms with E-state index in [1.54, 1.807) is 0 Å². The molecule has 2 N–H and O–H groups in total. The monoisotopic (exact) mass is 364 g/mol. The number of nitrogens with zero attached hydrogens (tertiary/aromatic N) is 1. The van der Waals surface area contributed by atoms with Crippen molar-refractivity contribution in [3.8, 4) is 0 Å². The Balaban J connectivity index is 2.13. The van der Waals surface area contributed by atoms with E-state index in [0.29, 0.717) is 13.0 Å². The van der Waals surface area contributed by atoms with Crippen molar-refractivity contribution >= 4 is 29.3 Å². The number of likely N-dealkylation sites (tertiary alicyclic amines) is 1. The molecule has 2 atom stereocenters. The lowest BCUT2D eigenvalue weighted by Gasteiger charge is -2.34. The highest BCUT2D eigenvalue weighted by Gasteiger charge is 2.34. The Kier molecular flexibility index (Phi) is 5.27. The summed E-state index contributed by atoms with van der Waals surface area (Å²) in [6, 6.07) is 2.43. The number of piperidine rings is 1. The van der Waals surface area contributed by atoms with Crippen LogP contribution in [0.4, 0.5) is 23.7 Å². The van der Waals surface area contributed by atoms with Gasteiger partial charge < -0.3 is 15.3 Å². The van der Waals surface area contributed by atoms with Gasteiger partial charge in [0.2, 0.25) is 0 Å². The summed E-state index contributed by atoms with van der Waals surface area (Å²) in [5, 5.41) is 11.0. The first-order chi connectivity index (χ1) is 11.1. The molecule has 9 heteroatoms. The lowest BCUT2D eigenvalue weighted by Crippen LogP contribution is -2.47. The van der Waals surface area contributed by atoms with Crippen LogP contribution in [-0.4, -0.2) is 35.1 Å². The Labute approximate surface area is 141 Å². The lowest BCUT2D eigenvalue weighted by atomic mass is 9.91. The number of amides is 2. The van der Waals surface area contributed by atoms with Crippen molar-refractivity contribution in [1.82, 2.24) is 4.90 Å². The highest BCUT2D eigenvalue weighted by atomic mass is 35.5. The molecule has 2 unspecified atom stereocenters. The zero-order valence-electron chi connectivity index (χ0n) is 12.7. The van der Waals surface area contributed by atoms with Crippen LogP contribution in [-0.2, 0) is 11.0 Å². The summed E-state index contributed by atoms with van der Waals surface area (Å²) in [5.41, 5.74) is -1.10. The van der Waals surface area contributed by atoms with E-state index in [-0.39, 0.29) is 18.2 Å². The minimum absolute atomic E-state index is 0.0125. The van der Waals surface area contributed by atoms with Crippen LogP contribution in [0, 0.1) is 11.8 Å². The molecular weight excluding hydrogens is 349 g/mol. The van der Waals surface area contributed by atoms with Gasteiger partial charge in [-0.1, -0.05) is 18.5 Å². The van der Waals surface area contributed by atoms with E-state index >= 15 is 0 Å². The first-order valence-corrected chi connectivity index (χ1v) is 7.61. The predicted molar refractivity (Wildman–Crippen MR) is 82.0 cm³/mol. The summed E-state index contributed by atoms with van der Waals surface area (Å²) in [6.45, 7) is 2.18. The van der Waals surface area contributed by atoms with Gasteiger partial charge in [-0.15, -0.1) is 0 Å². The quantitative estimate of drug-likeness (QED) is 0.835. The number of urea groups is 1. The maximum absolute atomic E-state index is 12.8. The molecule has 1 heterocycles. The van der Waals surface area contributed by atoms with Gasteiger partial charge >= 0.3 is 18.2 Å². The molecule has 0 spiro atoms. The van der Waals surface area contributed by atoms with Gasteiger partial charge in [0.1, 0.15) is 0 Å². The Morgan fingerprint density at radius 1 is 1.33 bits per heavy atom. The molecule has 0 aromatic heterocycles. The second-order valence-corrected chi connectivity index (χ2v) is 6.31. The van der Waals surface area contributed by atoms with Crippen LogP contribution in [0.5, 0.6) is 0 Å². The number of benzene rings is 1. The number of nitrogens with one attached hydrogen (secondary N) is 1. The SMILES string of the molecule is CC1CC(C(=O)O)CN(C(=O)Nc2ccc(Cl)c(C(F)(F)F)c2)C1. The van der Waals surface area contributed by atoms with Crippen LogP contribution in [0.2, 0.25) is 5.02 Å². The first-order valence-electron chi connectivity index (χ1n) is 7.23. The summed E-state index contributed by atoms with van der Waals surface area (Å²) >= 11 is 5.53. The number of carbonyl (C=O) groups is 2. The topological polar surface area (TPSA) is 69.6 Å². The van der Waals surface area contributed by atoms with Crippen molar-refractivity contribution in [3.63, 3.8) is 0 Å². The number of hydrogen-bond acceptors (Lipinski definition) is 2. The van der Waals surface area contributed by atoms with Crippen molar-refractivity contribution in [2.24, 2.45) is 11.8 Å². The van der Waals surface area contributed by atoms with E-state index in [4.69, 9.17) is 16.7 Å². The van der Waals surface area contributed by atoms with Gasteiger partial charge in [-0.2, -0.15) is 13.2 Å². The second-order valence-electron chi connectivity index (χ2n) is 5.90. The fourth-order valence-corrected chi connectivity index (χ4v) is 2.94. The van der Waals surface area contributed by atoms with E-state index in [1.807, 2.05) is 6.92 Å². The molecule has 0 saturated carbocycles. The van der Waals surface area contributed by atoms with Crippen molar-refractivity contribution in [3.05, 3.63) is 28.8 Å². The lowest BCUT2D eigenvalue weighted by molar-refractivity contribution is -0.143. The zero-order chi connectivity index (χ0) is 18.1. The summed E-state index contributed by atoms with van der Waals surface area (Å²) < 4.78 is 38.5. The van der Waals surface area contributed by atoms with Gasteiger partial charge in [-0.25, -0.2) is 4.79 Å². The van der Waals surface area contributed by atoms with Crippen LogP contribution in [0.25, 0.3) is 0 Å². The number of aliphatic carboxylic acids is 1. The number of carbonyl (C=O) groups excluding carboxylic acids is 1. The Morgan fingerprint density at radius 3 is 2.58 bits per heavy atom. The third-order valence-electron chi connectivity index (χ3n) is 3.82. The molecule has 5 nitrogen and oxygen atoms in total. The minimum Gasteiger partial charge on any atom is -0.481 e. The number of halogens is 4. The summed E-state index contributed by atoms with van der Waals surface area (Å²) in [4.78, 5) is 24.7. The van der Waals surface area contributed by atoms with E-state index < -0.39 is 34.7 Å². The highest BCUT2D eigenvalue weighted by molar-refractivity contribution is 6.31. The van der Waals surface area contributed by atoms with Crippen LogP contribution in [0.1, 0.15) is 18.9 Å². The molecule has 1 saturated heterocycles. The highest BCUT2D eigenvalue weighted by Crippen LogP contribution is 2.36. The van der Waals surface area contributed by atoms with Gasteiger partial charge in [-0.3, -0.25) is 4.79 Å². The second kappa shape index (κ2) is 6.88. The summed E-state index contributed by atoms with van der Waals surface area (Å²) in [6.07, 6.45) is -4.18. The van der Waals surface area contributed by atoms with E-state index in [2.05, 4.69) is 5.32 Å². The molecular formula is C15H16ClF3N2O3. The normalized spacial score (nSPS) is 21.5. The predicted octanol–water partition coefficient (Wildman–Crippen LogP) is 3.93. The van der Waals surface area contributed by atoms with Gasteiger partial charge in [0.05, 0.1) is 16.5 Å². The van der Waals surface area contributed by atoms with Crippen LogP contribution < -0.4 is 5.32 Å². The maximum atomic E-state index is 12.8. The fraction of sp³-hybridized carbons (Fsp3) is 0.467. The Morgan fingerprint density at radius 2 is 2.00 bits per heavy atom. The van der Waals surface area contributed by atoms with Gasteiger partial charge in [0.25, 0.3) is 0 Å². The molecule has 2 amide bonds. The molecule has 1 aliphatic rings. The molecule has 1 fully saturated rings. The molecule has 1 aromatic rings. The average Bonchev–Trinajstić information content (AvgIpc) is 2.47. The molecule has 0 bridgehead atoms. The largest absolute Gasteiger partial charge is 0.481 e. The number of hydrogen-bond donors (Lipinski definition) is 2. The molecule has 2 rings (SSSR count).